The smallest absolute Gasteiger partial charge is 0.421 e. The van der Waals surface area contributed by atoms with Gasteiger partial charge in [-0.2, -0.15) is 0 Å². The molecule has 2 aromatic rings. The SMILES string of the molecule is CC(C)(Cc1cccc2ccccc12)OC(=O)NN. The Morgan fingerprint density at radius 3 is 2.63 bits per heavy atom. The molecule has 0 fully saturated rings. The number of hydrazine groups is 1. The number of fused-ring (bicyclic) bond motifs is 1. The van der Waals surface area contributed by atoms with Crippen LogP contribution in [0.1, 0.15) is 19.4 Å². The molecule has 0 unspecified atom stereocenters. The first-order chi connectivity index (χ1) is 9.02. The molecule has 100 valence electrons. The van der Waals surface area contributed by atoms with Crippen LogP contribution in [0.2, 0.25) is 0 Å². The van der Waals surface area contributed by atoms with Gasteiger partial charge in [0.25, 0.3) is 0 Å². The first kappa shape index (κ1) is 13.4. The Bertz CT molecular complexity index is 588. The van der Waals surface area contributed by atoms with Crippen molar-refractivity contribution in [1.82, 2.24) is 5.43 Å². The number of carbonyl (C=O) groups excluding carboxylic acids is 1. The lowest BCUT2D eigenvalue weighted by atomic mass is 9.94. The van der Waals surface area contributed by atoms with Gasteiger partial charge in [-0.25, -0.2) is 10.6 Å². The number of amides is 1. The van der Waals surface area contributed by atoms with Gasteiger partial charge in [-0.1, -0.05) is 42.5 Å². The molecular weight excluding hydrogens is 240 g/mol. The van der Waals surface area contributed by atoms with Crippen molar-refractivity contribution in [2.45, 2.75) is 25.9 Å². The molecular formula is C15H18N2O2. The third kappa shape index (κ3) is 3.23. The lowest BCUT2D eigenvalue weighted by Crippen LogP contribution is -2.39. The van der Waals surface area contributed by atoms with Gasteiger partial charge in [0, 0.05) is 6.42 Å². The second-order valence-electron chi connectivity index (χ2n) is 5.11. The van der Waals surface area contributed by atoms with Crippen LogP contribution in [-0.4, -0.2) is 11.7 Å². The van der Waals surface area contributed by atoms with Crippen LogP contribution >= 0.6 is 0 Å². The maximum absolute atomic E-state index is 11.2. The number of hydrogen-bond acceptors (Lipinski definition) is 3. The van der Waals surface area contributed by atoms with Crippen molar-refractivity contribution >= 4 is 16.9 Å². The Hall–Kier alpha value is -2.07. The predicted molar refractivity (Wildman–Crippen MR) is 75.5 cm³/mol. The molecule has 0 atom stereocenters. The van der Waals surface area contributed by atoms with Crippen molar-refractivity contribution in [3.8, 4) is 0 Å². The number of rotatable bonds is 3. The fourth-order valence-electron chi connectivity index (χ4n) is 2.22. The Morgan fingerprint density at radius 1 is 1.21 bits per heavy atom. The average Bonchev–Trinajstić information content (AvgIpc) is 2.38. The zero-order valence-corrected chi connectivity index (χ0v) is 11.1. The Labute approximate surface area is 112 Å². The molecule has 0 saturated heterocycles. The van der Waals surface area contributed by atoms with Crippen LogP contribution in [0.25, 0.3) is 10.8 Å². The lowest BCUT2D eigenvalue weighted by Gasteiger charge is -2.25. The fourth-order valence-corrected chi connectivity index (χ4v) is 2.22. The molecule has 0 aromatic heterocycles. The molecule has 4 heteroatoms. The second kappa shape index (κ2) is 5.28. The number of carbonyl (C=O) groups is 1. The highest BCUT2D eigenvalue weighted by atomic mass is 16.6. The van der Waals surface area contributed by atoms with E-state index in [0.29, 0.717) is 6.42 Å². The van der Waals surface area contributed by atoms with Gasteiger partial charge in [0.05, 0.1) is 0 Å². The van der Waals surface area contributed by atoms with Gasteiger partial charge in [-0.05, 0) is 30.2 Å². The minimum Gasteiger partial charge on any atom is -0.442 e. The molecule has 4 nitrogen and oxygen atoms in total. The van der Waals surface area contributed by atoms with E-state index in [1.165, 1.54) is 10.8 Å². The molecule has 0 radical (unpaired) electrons. The van der Waals surface area contributed by atoms with Gasteiger partial charge in [-0.15, -0.1) is 0 Å². The van der Waals surface area contributed by atoms with E-state index in [1.54, 1.807) is 0 Å². The summed E-state index contributed by atoms with van der Waals surface area (Å²) in [5.41, 5.74) is 2.51. The first-order valence-corrected chi connectivity index (χ1v) is 6.18. The fraction of sp³-hybridized carbons (Fsp3) is 0.267. The zero-order valence-electron chi connectivity index (χ0n) is 11.1. The highest BCUT2D eigenvalue weighted by molar-refractivity contribution is 5.85. The van der Waals surface area contributed by atoms with E-state index in [2.05, 4.69) is 18.2 Å². The summed E-state index contributed by atoms with van der Waals surface area (Å²) in [5.74, 6) is 5.04. The van der Waals surface area contributed by atoms with Gasteiger partial charge in [0.1, 0.15) is 5.60 Å². The molecule has 2 aromatic carbocycles. The highest BCUT2D eigenvalue weighted by Crippen LogP contribution is 2.24. The summed E-state index contributed by atoms with van der Waals surface area (Å²) in [6.45, 7) is 3.73. The molecule has 0 aliphatic heterocycles. The number of benzene rings is 2. The summed E-state index contributed by atoms with van der Waals surface area (Å²) in [6, 6.07) is 14.3. The summed E-state index contributed by atoms with van der Waals surface area (Å²) >= 11 is 0. The molecule has 0 aliphatic rings. The van der Waals surface area contributed by atoms with Gasteiger partial charge in [-0.3, -0.25) is 5.43 Å². The van der Waals surface area contributed by atoms with Gasteiger partial charge in [0.15, 0.2) is 0 Å². The van der Waals surface area contributed by atoms with E-state index in [-0.39, 0.29) is 0 Å². The third-order valence-electron chi connectivity index (χ3n) is 2.98. The van der Waals surface area contributed by atoms with Crippen molar-refractivity contribution in [3.05, 3.63) is 48.0 Å². The van der Waals surface area contributed by atoms with Gasteiger partial charge in [0.2, 0.25) is 0 Å². The van der Waals surface area contributed by atoms with E-state index < -0.39 is 11.7 Å². The van der Waals surface area contributed by atoms with Crippen LogP contribution in [0.15, 0.2) is 42.5 Å². The van der Waals surface area contributed by atoms with Gasteiger partial charge >= 0.3 is 6.09 Å². The molecule has 2 rings (SSSR count). The van der Waals surface area contributed by atoms with Gasteiger partial charge < -0.3 is 4.74 Å². The maximum atomic E-state index is 11.2. The number of nitrogens with one attached hydrogen (secondary N) is 1. The normalized spacial score (nSPS) is 11.3. The number of ether oxygens (including phenoxy) is 1. The number of nitrogens with two attached hydrogens (primary N) is 1. The molecule has 0 saturated carbocycles. The summed E-state index contributed by atoms with van der Waals surface area (Å²) in [6.07, 6.45) is 0.00661. The van der Waals surface area contributed by atoms with Crippen LogP contribution in [0.4, 0.5) is 4.79 Å². The van der Waals surface area contributed by atoms with E-state index in [0.717, 1.165) is 5.56 Å². The zero-order chi connectivity index (χ0) is 13.9. The minimum atomic E-state index is -0.620. The summed E-state index contributed by atoms with van der Waals surface area (Å²) in [7, 11) is 0. The van der Waals surface area contributed by atoms with Crippen molar-refractivity contribution in [2.75, 3.05) is 0 Å². The summed E-state index contributed by atoms with van der Waals surface area (Å²) < 4.78 is 5.26. The Balaban J connectivity index is 2.28. The Morgan fingerprint density at radius 2 is 1.89 bits per heavy atom. The van der Waals surface area contributed by atoms with Crippen molar-refractivity contribution in [2.24, 2.45) is 5.84 Å². The van der Waals surface area contributed by atoms with Crippen LogP contribution in [0.3, 0.4) is 0 Å². The van der Waals surface area contributed by atoms with Crippen LogP contribution in [-0.2, 0) is 11.2 Å². The van der Waals surface area contributed by atoms with E-state index in [9.17, 15) is 4.79 Å². The molecule has 3 N–H and O–H groups in total. The molecule has 1 amide bonds. The van der Waals surface area contributed by atoms with Crippen molar-refractivity contribution in [3.63, 3.8) is 0 Å². The van der Waals surface area contributed by atoms with Crippen LogP contribution in [0, 0.1) is 0 Å². The van der Waals surface area contributed by atoms with Crippen molar-refractivity contribution in [1.29, 1.82) is 0 Å². The standard InChI is InChI=1S/C15H18N2O2/c1-15(2,19-14(18)17-16)10-12-8-5-7-11-6-3-4-9-13(11)12/h3-9H,10,16H2,1-2H3,(H,17,18). The molecule has 19 heavy (non-hydrogen) atoms. The quantitative estimate of drug-likeness (QED) is 0.505. The van der Waals surface area contributed by atoms with E-state index in [1.807, 2.05) is 43.5 Å². The molecule has 0 aliphatic carbocycles. The second-order valence-corrected chi connectivity index (χ2v) is 5.11. The predicted octanol–water partition coefficient (Wildman–Crippen LogP) is 2.76. The molecule has 0 heterocycles. The topological polar surface area (TPSA) is 64.3 Å². The summed E-state index contributed by atoms with van der Waals surface area (Å²) in [5, 5.41) is 2.36. The first-order valence-electron chi connectivity index (χ1n) is 6.18. The maximum Gasteiger partial charge on any atom is 0.421 e. The van der Waals surface area contributed by atoms with E-state index >= 15 is 0 Å². The lowest BCUT2D eigenvalue weighted by molar-refractivity contribution is 0.0395. The Kier molecular flexibility index (Phi) is 3.71. The minimum absolute atomic E-state index is 0.617. The van der Waals surface area contributed by atoms with Crippen LogP contribution in [0.5, 0.6) is 0 Å². The molecule has 0 bridgehead atoms. The van der Waals surface area contributed by atoms with Crippen molar-refractivity contribution < 1.29 is 9.53 Å². The third-order valence-corrected chi connectivity index (χ3v) is 2.98. The largest absolute Gasteiger partial charge is 0.442 e. The van der Waals surface area contributed by atoms with E-state index in [4.69, 9.17) is 10.6 Å². The molecule has 0 spiro atoms. The monoisotopic (exact) mass is 258 g/mol. The highest BCUT2D eigenvalue weighted by Gasteiger charge is 2.23. The summed E-state index contributed by atoms with van der Waals surface area (Å²) in [4.78, 5) is 11.2. The average molecular weight is 258 g/mol. The van der Waals surface area contributed by atoms with Crippen LogP contribution < -0.4 is 11.3 Å². The number of hydrogen-bond donors (Lipinski definition) is 2.